The van der Waals surface area contributed by atoms with Gasteiger partial charge in [0, 0.05) is 55.0 Å². The van der Waals surface area contributed by atoms with Crippen LogP contribution in [0.25, 0.3) is 11.3 Å². The number of pyridine rings is 1. The van der Waals surface area contributed by atoms with Crippen LogP contribution in [0.4, 0.5) is 24.9 Å². The number of ether oxygens (including phenoxy) is 2. The molecule has 0 unspecified atom stereocenters. The van der Waals surface area contributed by atoms with E-state index in [1.54, 1.807) is 6.92 Å². The number of fused-ring (bicyclic) bond motifs is 3. The van der Waals surface area contributed by atoms with Gasteiger partial charge >= 0.3 is 6.61 Å². The number of piperidine rings is 1. The molecular formula is C25H31F3N6O2. The number of alkyl halides is 3. The van der Waals surface area contributed by atoms with Gasteiger partial charge in [0.05, 0.1) is 24.9 Å². The van der Waals surface area contributed by atoms with Crippen molar-refractivity contribution in [2.24, 2.45) is 0 Å². The lowest BCUT2D eigenvalue weighted by molar-refractivity contribution is -0.131. The van der Waals surface area contributed by atoms with Crippen molar-refractivity contribution in [1.82, 2.24) is 19.9 Å². The van der Waals surface area contributed by atoms with E-state index in [4.69, 9.17) is 15.5 Å². The fourth-order valence-corrected chi connectivity index (χ4v) is 5.96. The Morgan fingerprint density at radius 1 is 1.19 bits per heavy atom. The van der Waals surface area contributed by atoms with Gasteiger partial charge in [-0.15, -0.1) is 0 Å². The molecule has 1 saturated carbocycles. The molecule has 0 amide bonds. The molecule has 0 spiro atoms. The molecule has 2 bridgehead atoms. The fraction of sp³-hybridized carbons (Fsp3) is 0.640. The number of nitrogens with zero attached hydrogens (tertiary/aromatic N) is 5. The molecule has 3 atom stereocenters. The van der Waals surface area contributed by atoms with E-state index >= 15 is 0 Å². The molecule has 2 N–H and O–H groups in total. The Labute approximate surface area is 208 Å². The second kappa shape index (κ2) is 9.02. The highest BCUT2D eigenvalue weighted by atomic mass is 19.3. The molecule has 36 heavy (non-hydrogen) atoms. The third-order valence-electron chi connectivity index (χ3n) is 8.06. The molecular weight excluding hydrogens is 473 g/mol. The van der Waals surface area contributed by atoms with Gasteiger partial charge in [-0.1, -0.05) is 0 Å². The van der Waals surface area contributed by atoms with Crippen molar-refractivity contribution in [2.75, 3.05) is 36.9 Å². The van der Waals surface area contributed by atoms with Gasteiger partial charge in [-0.3, -0.25) is 4.90 Å². The molecule has 5 fully saturated rings. The summed E-state index contributed by atoms with van der Waals surface area (Å²) in [6, 6.07) is 4.30. The van der Waals surface area contributed by atoms with Gasteiger partial charge in [0.1, 0.15) is 5.67 Å². The molecule has 11 heteroatoms. The Morgan fingerprint density at radius 2 is 2.03 bits per heavy atom. The zero-order valence-corrected chi connectivity index (χ0v) is 20.2. The first kappa shape index (κ1) is 23.7. The van der Waals surface area contributed by atoms with E-state index in [-0.39, 0.29) is 24.0 Å². The van der Waals surface area contributed by atoms with E-state index in [1.165, 1.54) is 18.7 Å². The van der Waals surface area contributed by atoms with Crippen LogP contribution in [0.2, 0.25) is 0 Å². The molecule has 4 saturated heterocycles. The maximum Gasteiger partial charge on any atom is 0.387 e. The summed E-state index contributed by atoms with van der Waals surface area (Å²) in [6.45, 7) is 1.10. The van der Waals surface area contributed by atoms with Crippen molar-refractivity contribution in [2.45, 2.75) is 75.4 Å². The van der Waals surface area contributed by atoms with Crippen LogP contribution in [-0.2, 0) is 4.74 Å². The van der Waals surface area contributed by atoms with Gasteiger partial charge in [0.15, 0.2) is 11.6 Å². The van der Waals surface area contributed by atoms with Crippen LogP contribution < -0.4 is 15.4 Å². The highest BCUT2D eigenvalue weighted by Gasteiger charge is 2.44. The number of hydrogen-bond donors (Lipinski definition) is 1. The molecule has 6 heterocycles. The number of anilines is 2. The van der Waals surface area contributed by atoms with Crippen molar-refractivity contribution >= 4 is 11.8 Å². The minimum atomic E-state index is -3.02. The highest BCUT2D eigenvalue weighted by Crippen LogP contribution is 2.44. The number of halogens is 3. The largest absolute Gasteiger partial charge is 0.431 e. The summed E-state index contributed by atoms with van der Waals surface area (Å²) >= 11 is 0. The summed E-state index contributed by atoms with van der Waals surface area (Å²) in [5.74, 6) is 0.372. The molecule has 2 aromatic rings. The van der Waals surface area contributed by atoms with Crippen molar-refractivity contribution in [3.8, 4) is 17.0 Å². The number of aromatic nitrogens is 3. The third-order valence-corrected chi connectivity index (χ3v) is 8.06. The average molecular weight is 505 g/mol. The smallest absolute Gasteiger partial charge is 0.387 e. The maximum atomic E-state index is 14.6. The predicted molar refractivity (Wildman–Crippen MR) is 128 cm³/mol. The van der Waals surface area contributed by atoms with Crippen LogP contribution in [0.3, 0.4) is 0 Å². The Balaban J connectivity index is 1.28. The molecule has 8 nitrogen and oxygen atoms in total. The summed E-state index contributed by atoms with van der Waals surface area (Å²) in [5, 5.41) is 0. The predicted octanol–water partition coefficient (Wildman–Crippen LogP) is 3.77. The van der Waals surface area contributed by atoms with E-state index in [9.17, 15) is 13.2 Å². The van der Waals surface area contributed by atoms with Crippen molar-refractivity contribution in [3.05, 3.63) is 24.0 Å². The highest BCUT2D eigenvalue weighted by molar-refractivity contribution is 5.65. The van der Waals surface area contributed by atoms with Gasteiger partial charge < -0.3 is 20.1 Å². The first-order valence-electron chi connectivity index (χ1n) is 12.6. The summed E-state index contributed by atoms with van der Waals surface area (Å²) in [5.41, 5.74) is 6.33. The molecule has 1 aliphatic carbocycles. The van der Waals surface area contributed by atoms with Crippen molar-refractivity contribution < 1.29 is 22.6 Å². The standard InChI is InChI=1S/C25H31F3N6O2/c1-25(28)4-5-33(13-25)24-31-19(14-6-17(7-14)34-11-18-3-2-16(34)12-35-18)9-20(32-24)15-8-21(36-23(26)27)22(29)30-10-15/h8-10,14,16-18,23H,2-7,11-13H2,1H3,(H2,29,30)/t14-,16-,17-,18-,25-/m0/s1. The molecule has 2 aromatic heterocycles. The van der Waals surface area contributed by atoms with E-state index in [0.717, 1.165) is 38.1 Å². The van der Waals surface area contributed by atoms with Crippen molar-refractivity contribution in [3.63, 3.8) is 0 Å². The monoisotopic (exact) mass is 504 g/mol. The molecule has 0 aromatic carbocycles. The van der Waals surface area contributed by atoms with Crippen LogP contribution >= 0.6 is 0 Å². The molecule has 194 valence electrons. The summed E-state index contributed by atoms with van der Waals surface area (Å²) < 4.78 is 50.8. The molecule has 4 aliphatic heterocycles. The normalized spacial score (nSPS) is 32.2. The van der Waals surface area contributed by atoms with Crippen LogP contribution in [0.15, 0.2) is 18.3 Å². The molecule has 0 radical (unpaired) electrons. The second-order valence-electron chi connectivity index (χ2n) is 10.8. The summed E-state index contributed by atoms with van der Waals surface area (Å²) in [7, 11) is 0. The first-order valence-corrected chi connectivity index (χ1v) is 12.6. The Bertz CT molecular complexity index is 1120. The Hall–Kier alpha value is -2.66. The van der Waals surface area contributed by atoms with Gasteiger partial charge in [-0.05, 0) is 44.7 Å². The number of nitrogen functional groups attached to an aromatic ring is 1. The summed E-state index contributed by atoms with van der Waals surface area (Å²) in [6.07, 6.45) is 6.54. The van der Waals surface area contributed by atoms with E-state index < -0.39 is 12.3 Å². The SMILES string of the molecule is C[C@]1(F)CCN(c2nc(-c3cnc(N)c(OC(F)F)c3)cc([C@H]3C[C@H](N4C[C@@H]5CC[C@H]4CO5)C3)n2)C1. The third kappa shape index (κ3) is 4.58. The lowest BCUT2D eigenvalue weighted by Gasteiger charge is -2.53. The van der Waals surface area contributed by atoms with Crippen LogP contribution in [0, 0.1) is 0 Å². The van der Waals surface area contributed by atoms with Gasteiger partial charge in [0.2, 0.25) is 5.95 Å². The number of hydrogen-bond acceptors (Lipinski definition) is 8. The second-order valence-corrected chi connectivity index (χ2v) is 10.8. The van der Waals surface area contributed by atoms with Crippen molar-refractivity contribution in [1.29, 1.82) is 0 Å². The lowest BCUT2D eigenvalue weighted by atomic mass is 9.75. The average Bonchev–Trinajstić information content (AvgIpc) is 3.20. The number of morpholine rings is 1. The first-order chi connectivity index (χ1) is 17.2. The lowest BCUT2D eigenvalue weighted by Crippen LogP contribution is -2.60. The topological polar surface area (TPSA) is 89.6 Å². The van der Waals surface area contributed by atoms with Crippen LogP contribution in [0.5, 0.6) is 5.75 Å². The summed E-state index contributed by atoms with van der Waals surface area (Å²) in [4.78, 5) is 18.0. The van der Waals surface area contributed by atoms with E-state index in [1.807, 2.05) is 11.0 Å². The maximum absolute atomic E-state index is 14.6. The zero-order valence-electron chi connectivity index (χ0n) is 20.2. The molecule has 5 aliphatic rings. The Kier molecular flexibility index (Phi) is 5.94. The van der Waals surface area contributed by atoms with Crippen LogP contribution in [-0.4, -0.2) is 76.6 Å². The number of nitrogens with two attached hydrogens (primary N) is 1. The van der Waals surface area contributed by atoms with Crippen LogP contribution in [0.1, 0.15) is 50.6 Å². The minimum Gasteiger partial charge on any atom is -0.431 e. The minimum absolute atomic E-state index is 0.122. The zero-order chi connectivity index (χ0) is 25.0. The van der Waals surface area contributed by atoms with E-state index in [2.05, 4.69) is 19.6 Å². The fourth-order valence-electron chi connectivity index (χ4n) is 5.96. The van der Waals surface area contributed by atoms with Gasteiger partial charge in [-0.25, -0.2) is 19.3 Å². The number of rotatable bonds is 6. The Morgan fingerprint density at radius 3 is 2.67 bits per heavy atom. The van der Waals surface area contributed by atoms with E-state index in [0.29, 0.717) is 48.4 Å². The van der Waals surface area contributed by atoms with Gasteiger partial charge in [0.25, 0.3) is 0 Å². The molecule has 7 rings (SSSR count). The van der Waals surface area contributed by atoms with Gasteiger partial charge in [-0.2, -0.15) is 8.78 Å². The quantitative estimate of drug-likeness (QED) is 0.636.